The van der Waals surface area contributed by atoms with Crippen LogP contribution >= 0.6 is 11.3 Å². The Morgan fingerprint density at radius 1 is 1.36 bits per heavy atom. The molecule has 1 amide bonds. The molecular formula is C18H21FN2O3S. The van der Waals surface area contributed by atoms with Crippen LogP contribution in [0, 0.1) is 11.7 Å². The number of aromatic nitrogens is 1. The number of amides is 1. The van der Waals surface area contributed by atoms with E-state index in [0.717, 1.165) is 10.6 Å². The van der Waals surface area contributed by atoms with Gasteiger partial charge in [0.15, 0.2) is 0 Å². The summed E-state index contributed by atoms with van der Waals surface area (Å²) >= 11 is 1.34. The predicted molar refractivity (Wildman–Crippen MR) is 94.3 cm³/mol. The molecule has 0 fully saturated rings. The quantitative estimate of drug-likeness (QED) is 0.779. The number of thiazole rings is 1. The Bertz CT molecular complexity index is 745. The van der Waals surface area contributed by atoms with Gasteiger partial charge in [0, 0.05) is 24.9 Å². The van der Waals surface area contributed by atoms with Crippen molar-refractivity contribution in [2.45, 2.75) is 26.7 Å². The number of carbonyl (C=O) groups excluding carboxylic acids is 1. The first kappa shape index (κ1) is 19.1. The van der Waals surface area contributed by atoms with Crippen molar-refractivity contribution in [3.63, 3.8) is 0 Å². The van der Waals surface area contributed by atoms with Gasteiger partial charge in [0.1, 0.15) is 11.5 Å². The van der Waals surface area contributed by atoms with Crippen LogP contribution in [0.3, 0.4) is 0 Å². The minimum Gasteiger partial charge on any atom is -0.481 e. The van der Waals surface area contributed by atoms with E-state index >= 15 is 0 Å². The van der Waals surface area contributed by atoms with Gasteiger partial charge in [0.2, 0.25) is 0 Å². The molecule has 1 N–H and O–H groups in total. The zero-order valence-electron chi connectivity index (χ0n) is 14.2. The second kappa shape index (κ2) is 8.71. The number of benzene rings is 1. The molecule has 5 nitrogen and oxygen atoms in total. The van der Waals surface area contributed by atoms with E-state index in [9.17, 15) is 14.0 Å². The number of halogens is 1. The molecule has 2 rings (SSSR count). The van der Waals surface area contributed by atoms with Crippen LogP contribution in [0.25, 0.3) is 0 Å². The highest BCUT2D eigenvalue weighted by molar-refractivity contribution is 7.09. The molecular weight excluding hydrogens is 343 g/mol. The van der Waals surface area contributed by atoms with Crippen LogP contribution in [0.2, 0.25) is 0 Å². The molecule has 0 saturated heterocycles. The van der Waals surface area contributed by atoms with Gasteiger partial charge in [-0.1, -0.05) is 26.0 Å². The molecule has 0 aliphatic heterocycles. The average Bonchev–Trinajstić information content (AvgIpc) is 2.98. The smallest absolute Gasteiger partial charge is 0.305 e. The van der Waals surface area contributed by atoms with Crippen molar-refractivity contribution >= 4 is 23.2 Å². The van der Waals surface area contributed by atoms with Gasteiger partial charge in [0.05, 0.1) is 11.4 Å². The van der Waals surface area contributed by atoms with Gasteiger partial charge < -0.3 is 10.0 Å². The van der Waals surface area contributed by atoms with Crippen molar-refractivity contribution in [1.82, 2.24) is 9.88 Å². The van der Waals surface area contributed by atoms with Crippen LogP contribution in [0.1, 0.15) is 41.3 Å². The van der Waals surface area contributed by atoms with Gasteiger partial charge >= 0.3 is 5.97 Å². The van der Waals surface area contributed by atoms with E-state index in [0.29, 0.717) is 18.7 Å². The van der Waals surface area contributed by atoms with Crippen LogP contribution in [0.5, 0.6) is 0 Å². The summed E-state index contributed by atoms with van der Waals surface area (Å²) in [5.74, 6) is -1.28. The zero-order valence-corrected chi connectivity index (χ0v) is 15.1. The lowest BCUT2D eigenvalue weighted by molar-refractivity contribution is -0.137. The topological polar surface area (TPSA) is 70.5 Å². The second-order valence-corrected chi connectivity index (χ2v) is 7.16. The zero-order chi connectivity index (χ0) is 18.4. The normalized spacial score (nSPS) is 10.9. The maximum atomic E-state index is 13.3. The number of nitrogens with zero attached hydrogens (tertiary/aromatic N) is 2. The van der Waals surface area contributed by atoms with E-state index in [1.165, 1.54) is 28.4 Å². The lowest BCUT2D eigenvalue weighted by Crippen LogP contribution is -2.36. The number of hydrogen-bond acceptors (Lipinski definition) is 4. The highest BCUT2D eigenvalue weighted by atomic mass is 32.1. The van der Waals surface area contributed by atoms with Crippen molar-refractivity contribution < 1.29 is 19.1 Å². The van der Waals surface area contributed by atoms with Gasteiger partial charge in [-0.2, -0.15) is 0 Å². The van der Waals surface area contributed by atoms with E-state index in [1.54, 1.807) is 11.4 Å². The Labute approximate surface area is 150 Å². The number of aliphatic carboxylic acids is 1. The Balaban J connectivity index is 2.09. The van der Waals surface area contributed by atoms with Crippen molar-refractivity contribution in [3.8, 4) is 0 Å². The molecule has 1 aromatic carbocycles. The molecule has 0 bridgehead atoms. The third-order valence-corrected chi connectivity index (χ3v) is 4.33. The minimum absolute atomic E-state index is 0.0985. The second-order valence-electron chi connectivity index (χ2n) is 6.22. The van der Waals surface area contributed by atoms with Crippen LogP contribution in [0.15, 0.2) is 29.6 Å². The fraction of sp³-hybridized carbons (Fsp3) is 0.389. The monoisotopic (exact) mass is 364 g/mol. The number of carbonyl (C=O) groups is 2. The minimum atomic E-state index is -0.938. The predicted octanol–water partition coefficient (Wildman–Crippen LogP) is 3.45. The van der Waals surface area contributed by atoms with Gasteiger partial charge in [0.25, 0.3) is 5.91 Å². The maximum absolute atomic E-state index is 13.3. The van der Waals surface area contributed by atoms with Crippen LogP contribution < -0.4 is 0 Å². The first-order chi connectivity index (χ1) is 11.8. The van der Waals surface area contributed by atoms with E-state index < -0.39 is 5.97 Å². The summed E-state index contributed by atoms with van der Waals surface area (Å²) in [5, 5.41) is 11.2. The van der Waals surface area contributed by atoms with E-state index in [2.05, 4.69) is 4.98 Å². The first-order valence-corrected chi connectivity index (χ1v) is 8.93. The molecule has 7 heteroatoms. The Morgan fingerprint density at radius 2 is 2.12 bits per heavy atom. The highest BCUT2D eigenvalue weighted by Gasteiger charge is 2.20. The first-order valence-electron chi connectivity index (χ1n) is 8.05. The summed E-state index contributed by atoms with van der Waals surface area (Å²) in [7, 11) is 0. The van der Waals surface area contributed by atoms with Crippen LogP contribution in [-0.2, 0) is 11.2 Å². The van der Waals surface area contributed by atoms with Gasteiger partial charge in [-0.05, 0) is 23.6 Å². The van der Waals surface area contributed by atoms with E-state index in [4.69, 9.17) is 5.11 Å². The standard InChI is InChI=1S/C18H21FN2O3S/c1-12(2)10-21(7-6-17(22)23)18(24)15-11-25-16(20-15)9-13-4-3-5-14(19)8-13/h3-5,8,11-12H,6-7,9-10H2,1-2H3,(H,22,23). The van der Waals surface area contributed by atoms with Crippen LogP contribution in [0.4, 0.5) is 4.39 Å². The van der Waals surface area contributed by atoms with Crippen LogP contribution in [-0.4, -0.2) is 40.0 Å². The molecule has 25 heavy (non-hydrogen) atoms. The summed E-state index contributed by atoms with van der Waals surface area (Å²) in [5.41, 5.74) is 1.10. The van der Waals surface area contributed by atoms with Crippen molar-refractivity contribution in [2.75, 3.05) is 13.1 Å². The molecule has 0 saturated carbocycles. The molecule has 134 valence electrons. The van der Waals surface area contributed by atoms with Gasteiger partial charge in [-0.3, -0.25) is 9.59 Å². The summed E-state index contributed by atoms with van der Waals surface area (Å²) in [6.07, 6.45) is 0.355. The van der Waals surface area contributed by atoms with E-state index in [-0.39, 0.29) is 30.6 Å². The van der Waals surface area contributed by atoms with E-state index in [1.807, 2.05) is 19.9 Å². The van der Waals surface area contributed by atoms with Gasteiger partial charge in [-0.25, -0.2) is 9.37 Å². The molecule has 0 unspecified atom stereocenters. The Morgan fingerprint density at radius 3 is 2.76 bits per heavy atom. The molecule has 0 radical (unpaired) electrons. The third-order valence-electron chi connectivity index (χ3n) is 3.48. The fourth-order valence-electron chi connectivity index (χ4n) is 2.42. The number of carboxylic acid groups (broad SMARTS) is 1. The molecule has 0 atom stereocenters. The summed E-state index contributed by atoms with van der Waals surface area (Å²) in [6, 6.07) is 6.28. The number of hydrogen-bond donors (Lipinski definition) is 1. The highest BCUT2D eigenvalue weighted by Crippen LogP contribution is 2.17. The van der Waals surface area contributed by atoms with Crippen molar-refractivity contribution in [1.29, 1.82) is 0 Å². The summed E-state index contributed by atoms with van der Waals surface area (Å²) in [6.45, 7) is 4.57. The average molecular weight is 364 g/mol. The van der Waals surface area contributed by atoms with Crippen molar-refractivity contribution in [2.24, 2.45) is 5.92 Å². The fourth-order valence-corrected chi connectivity index (χ4v) is 3.22. The van der Waals surface area contributed by atoms with Gasteiger partial charge in [-0.15, -0.1) is 11.3 Å². The lowest BCUT2D eigenvalue weighted by Gasteiger charge is -2.23. The summed E-state index contributed by atoms with van der Waals surface area (Å²) in [4.78, 5) is 29.3. The Hall–Kier alpha value is -2.28. The summed E-state index contributed by atoms with van der Waals surface area (Å²) < 4.78 is 13.3. The number of rotatable bonds is 8. The molecule has 1 aromatic heterocycles. The molecule has 1 heterocycles. The molecule has 0 aliphatic carbocycles. The largest absolute Gasteiger partial charge is 0.481 e. The molecule has 2 aromatic rings. The molecule has 0 aliphatic rings. The number of carboxylic acids is 1. The molecule has 0 spiro atoms. The lowest BCUT2D eigenvalue weighted by atomic mass is 10.1. The Kier molecular flexibility index (Phi) is 6.64. The SMILES string of the molecule is CC(C)CN(CCC(=O)O)C(=O)c1csc(Cc2cccc(F)c2)n1. The maximum Gasteiger partial charge on any atom is 0.305 e. The third kappa shape index (κ3) is 5.94. The van der Waals surface area contributed by atoms with Crippen molar-refractivity contribution in [3.05, 3.63) is 51.7 Å².